The topological polar surface area (TPSA) is 45.7 Å². The second-order valence-corrected chi connectivity index (χ2v) is 7.22. The Morgan fingerprint density at radius 1 is 0.900 bits per heavy atom. The molecule has 5 nitrogen and oxygen atoms in total. The van der Waals surface area contributed by atoms with E-state index in [0.29, 0.717) is 17.1 Å². The lowest BCUT2D eigenvalue weighted by Crippen LogP contribution is -2.48. The zero-order chi connectivity index (χ0) is 20.6. The van der Waals surface area contributed by atoms with Crippen LogP contribution >= 0.6 is 0 Å². The minimum atomic E-state index is 0.0717. The second-order valence-electron chi connectivity index (χ2n) is 7.22. The molecule has 1 amide bonds. The maximum absolute atomic E-state index is 12.8. The van der Waals surface area contributed by atoms with Crippen LogP contribution in [-0.4, -0.2) is 53.4 Å². The van der Waals surface area contributed by atoms with E-state index in [9.17, 15) is 4.79 Å². The largest absolute Gasteiger partial charge is 0.456 e. The highest BCUT2D eigenvalue weighted by Gasteiger charge is 2.21. The summed E-state index contributed by atoms with van der Waals surface area (Å²) in [6.07, 6.45) is 7.70. The number of pyridine rings is 1. The molecule has 0 radical (unpaired) electrons. The van der Waals surface area contributed by atoms with Crippen molar-refractivity contribution in [2.24, 2.45) is 0 Å². The molecular weight excluding hydrogens is 374 g/mol. The Balaban J connectivity index is 1.26. The fourth-order valence-electron chi connectivity index (χ4n) is 3.43. The average molecular weight is 399 g/mol. The van der Waals surface area contributed by atoms with E-state index < -0.39 is 0 Å². The standard InChI is InChI=1S/C25H25N3O2/c29-25(22-10-12-23(13-11-22)30-24-9-4-14-26-20-24)28-18-16-27(17-19-28)15-5-8-21-6-2-1-3-7-21/h1-14,20H,15-19H2/b8-5+. The Morgan fingerprint density at radius 3 is 2.37 bits per heavy atom. The molecule has 3 aromatic rings. The van der Waals surface area contributed by atoms with Gasteiger partial charge in [0.2, 0.25) is 0 Å². The molecule has 1 aromatic heterocycles. The molecular formula is C25H25N3O2. The van der Waals surface area contributed by atoms with Gasteiger partial charge < -0.3 is 9.64 Å². The van der Waals surface area contributed by atoms with Gasteiger partial charge >= 0.3 is 0 Å². The van der Waals surface area contributed by atoms with E-state index in [2.05, 4.69) is 34.2 Å². The predicted molar refractivity (Wildman–Crippen MR) is 119 cm³/mol. The van der Waals surface area contributed by atoms with Crippen LogP contribution in [-0.2, 0) is 0 Å². The van der Waals surface area contributed by atoms with Gasteiger partial charge in [-0.15, -0.1) is 0 Å². The normalized spacial score (nSPS) is 14.7. The van der Waals surface area contributed by atoms with E-state index in [1.54, 1.807) is 12.4 Å². The summed E-state index contributed by atoms with van der Waals surface area (Å²) in [5.74, 6) is 1.44. The smallest absolute Gasteiger partial charge is 0.253 e. The number of ether oxygens (including phenoxy) is 1. The van der Waals surface area contributed by atoms with E-state index in [1.165, 1.54) is 5.56 Å². The van der Waals surface area contributed by atoms with Crippen LogP contribution in [0.2, 0.25) is 0 Å². The quantitative estimate of drug-likeness (QED) is 0.618. The molecule has 0 aliphatic carbocycles. The minimum Gasteiger partial charge on any atom is -0.456 e. The van der Waals surface area contributed by atoms with Gasteiger partial charge in [0.15, 0.2) is 0 Å². The van der Waals surface area contributed by atoms with Gasteiger partial charge in [-0.25, -0.2) is 0 Å². The summed E-state index contributed by atoms with van der Waals surface area (Å²) >= 11 is 0. The number of piperazine rings is 1. The van der Waals surface area contributed by atoms with Crippen molar-refractivity contribution in [3.05, 3.63) is 96.3 Å². The van der Waals surface area contributed by atoms with E-state index in [1.807, 2.05) is 59.5 Å². The average Bonchev–Trinajstić information content (AvgIpc) is 2.81. The van der Waals surface area contributed by atoms with Gasteiger partial charge in [-0.3, -0.25) is 14.7 Å². The summed E-state index contributed by atoms with van der Waals surface area (Å²) in [6.45, 7) is 4.15. The molecule has 1 aliphatic heterocycles. The Hall–Kier alpha value is -3.44. The van der Waals surface area contributed by atoms with Crippen LogP contribution in [0.5, 0.6) is 11.5 Å². The molecule has 1 aliphatic rings. The zero-order valence-corrected chi connectivity index (χ0v) is 16.9. The Bertz CT molecular complexity index is 964. The predicted octanol–water partition coefficient (Wildman–Crippen LogP) is 4.35. The first-order valence-corrected chi connectivity index (χ1v) is 10.2. The highest BCUT2D eigenvalue weighted by molar-refractivity contribution is 5.94. The Labute approximate surface area is 177 Å². The molecule has 30 heavy (non-hydrogen) atoms. The molecule has 0 saturated carbocycles. The van der Waals surface area contributed by atoms with Crippen molar-refractivity contribution in [2.75, 3.05) is 32.7 Å². The van der Waals surface area contributed by atoms with E-state index >= 15 is 0 Å². The molecule has 2 aromatic carbocycles. The van der Waals surface area contributed by atoms with Crippen LogP contribution in [0.25, 0.3) is 6.08 Å². The number of aromatic nitrogens is 1. The summed E-state index contributed by atoms with van der Waals surface area (Å²) < 4.78 is 5.74. The number of hydrogen-bond donors (Lipinski definition) is 0. The highest BCUT2D eigenvalue weighted by atomic mass is 16.5. The molecule has 0 N–H and O–H groups in total. The fourth-order valence-corrected chi connectivity index (χ4v) is 3.43. The van der Waals surface area contributed by atoms with Gasteiger partial charge in [-0.2, -0.15) is 0 Å². The third kappa shape index (κ3) is 5.33. The molecule has 0 unspecified atom stereocenters. The molecule has 2 heterocycles. The first kappa shape index (κ1) is 19.9. The van der Waals surface area contributed by atoms with Crippen LogP contribution in [0.15, 0.2) is 85.2 Å². The molecule has 152 valence electrons. The first-order valence-electron chi connectivity index (χ1n) is 10.2. The number of hydrogen-bond acceptors (Lipinski definition) is 4. The highest BCUT2D eigenvalue weighted by Crippen LogP contribution is 2.21. The van der Waals surface area contributed by atoms with Crippen molar-refractivity contribution in [2.45, 2.75) is 0 Å². The molecule has 4 rings (SSSR count). The van der Waals surface area contributed by atoms with Gasteiger partial charge in [-0.05, 0) is 42.0 Å². The van der Waals surface area contributed by atoms with Crippen molar-refractivity contribution in [3.8, 4) is 11.5 Å². The van der Waals surface area contributed by atoms with Crippen LogP contribution in [0, 0.1) is 0 Å². The van der Waals surface area contributed by atoms with Crippen molar-refractivity contribution in [1.82, 2.24) is 14.8 Å². The van der Waals surface area contributed by atoms with Crippen LogP contribution in [0.1, 0.15) is 15.9 Å². The molecule has 1 saturated heterocycles. The molecule has 0 bridgehead atoms. The van der Waals surface area contributed by atoms with Crippen LogP contribution in [0.4, 0.5) is 0 Å². The molecule has 1 fully saturated rings. The lowest BCUT2D eigenvalue weighted by Gasteiger charge is -2.34. The number of amides is 1. The van der Waals surface area contributed by atoms with Crippen LogP contribution < -0.4 is 4.74 Å². The van der Waals surface area contributed by atoms with E-state index in [-0.39, 0.29) is 5.91 Å². The van der Waals surface area contributed by atoms with Gasteiger partial charge in [0.1, 0.15) is 11.5 Å². The van der Waals surface area contributed by atoms with E-state index in [4.69, 9.17) is 4.74 Å². The molecule has 5 heteroatoms. The maximum Gasteiger partial charge on any atom is 0.253 e. The van der Waals surface area contributed by atoms with Gasteiger partial charge in [0.25, 0.3) is 5.91 Å². The minimum absolute atomic E-state index is 0.0717. The Morgan fingerprint density at radius 2 is 1.67 bits per heavy atom. The lowest BCUT2D eigenvalue weighted by molar-refractivity contribution is 0.0650. The SMILES string of the molecule is O=C(c1ccc(Oc2cccnc2)cc1)N1CCN(C/C=C/c2ccccc2)CC1. The van der Waals surface area contributed by atoms with Gasteiger partial charge in [0.05, 0.1) is 6.20 Å². The summed E-state index contributed by atoms with van der Waals surface area (Å²) in [7, 11) is 0. The third-order valence-corrected chi connectivity index (χ3v) is 5.10. The fraction of sp³-hybridized carbons (Fsp3) is 0.200. The van der Waals surface area contributed by atoms with Crippen molar-refractivity contribution in [3.63, 3.8) is 0 Å². The number of nitrogens with zero attached hydrogens (tertiary/aromatic N) is 3. The molecule has 0 spiro atoms. The zero-order valence-electron chi connectivity index (χ0n) is 16.9. The summed E-state index contributed by atoms with van der Waals surface area (Å²) in [5, 5.41) is 0. The summed E-state index contributed by atoms with van der Waals surface area (Å²) in [4.78, 5) is 21.1. The summed E-state index contributed by atoms with van der Waals surface area (Å²) in [6, 6.07) is 21.3. The lowest BCUT2D eigenvalue weighted by atomic mass is 10.1. The number of benzene rings is 2. The summed E-state index contributed by atoms with van der Waals surface area (Å²) in [5.41, 5.74) is 1.90. The monoisotopic (exact) mass is 399 g/mol. The molecule has 0 atom stereocenters. The number of carbonyl (C=O) groups excluding carboxylic acids is 1. The Kier molecular flexibility index (Phi) is 6.52. The van der Waals surface area contributed by atoms with Gasteiger partial charge in [0, 0.05) is 44.5 Å². The second kappa shape index (κ2) is 9.85. The number of rotatable bonds is 6. The van der Waals surface area contributed by atoms with Crippen molar-refractivity contribution in [1.29, 1.82) is 0 Å². The number of carbonyl (C=O) groups is 1. The maximum atomic E-state index is 12.8. The van der Waals surface area contributed by atoms with E-state index in [0.717, 1.165) is 32.7 Å². The van der Waals surface area contributed by atoms with Crippen molar-refractivity contribution >= 4 is 12.0 Å². The van der Waals surface area contributed by atoms with Crippen LogP contribution in [0.3, 0.4) is 0 Å². The first-order chi connectivity index (χ1) is 14.8. The van der Waals surface area contributed by atoms with Gasteiger partial charge in [-0.1, -0.05) is 42.5 Å². The van der Waals surface area contributed by atoms with Crippen molar-refractivity contribution < 1.29 is 9.53 Å². The third-order valence-electron chi connectivity index (χ3n) is 5.10.